The van der Waals surface area contributed by atoms with Crippen LogP contribution in [0.1, 0.15) is 22.7 Å². The predicted octanol–water partition coefficient (Wildman–Crippen LogP) is 2.26. The van der Waals surface area contributed by atoms with E-state index in [0.717, 1.165) is 30.8 Å². The lowest BCUT2D eigenvalue weighted by Crippen LogP contribution is -2.14. The van der Waals surface area contributed by atoms with Crippen LogP contribution in [0, 0.1) is 0 Å². The molecule has 0 saturated carbocycles. The molecule has 3 nitrogen and oxygen atoms in total. The number of para-hydroxylation sites is 1. The van der Waals surface area contributed by atoms with Gasteiger partial charge in [-0.3, -0.25) is 4.98 Å². The number of ether oxygens (including phenoxy) is 1. The van der Waals surface area contributed by atoms with Gasteiger partial charge in [0.05, 0.1) is 6.61 Å². The second-order valence-electron chi connectivity index (χ2n) is 4.60. The zero-order chi connectivity index (χ0) is 12.4. The molecule has 0 aliphatic carbocycles. The standard InChI is InChI=1S/C15H16N2O/c16-14(10-11-4-7-17-8-5-11)13-3-1-2-12-6-9-18-15(12)13/h1-5,7-8,14H,6,9-10,16H2. The highest BCUT2D eigenvalue weighted by Crippen LogP contribution is 2.33. The first-order valence-electron chi connectivity index (χ1n) is 6.23. The van der Waals surface area contributed by atoms with Gasteiger partial charge in [-0.05, 0) is 29.7 Å². The second kappa shape index (κ2) is 4.78. The third-order valence-electron chi connectivity index (χ3n) is 3.35. The summed E-state index contributed by atoms with van der Waals surface area (Å²) in [4.78, 5) is 4.02. The summed E-state index contributed by atoms with van der Waals surface area (Å²) < 4.78 is 5.70. The van der Waals surface area contributed by atoms with Crippen molar-refractivity contribution >= 4 is 0 Å². The number of rotatable bonds is 3. The van der Waals surface area contributed by atoms with Crippen LogP contribution >= 0.6 is 0 Å². The van der Waals surface area contributed by atoms with Crippen LogP contribution in [0.25, 0.3) is 0 Å². The Morgan fingerprint density at radius 2 is 2.06 bits per heavy atom. The number of nitrogens with two attached hydrogens (primary N) is 1. The molecule has 0 saturated heterocycles. The Balaban J connectivity index is 1.85. The minimum Gasteiger partial charge on any atom is -0.493 e. The van der Waals surface area contributed by atoms with Gasteiger partial charge in [-0.2, -0.15) is 0 Å². The van der Waals surface area contributed by atoms with Crippen LogP contribution in [-0.2, 0) is 12.8 Å². The van der Waals surface area contributed by atoms with Crippen molar-refractivity contribution in [1.29, 1.82) is 0 Å². The minimum atomic E-state index is -0.0274. The van der Waals surface area contributed by atoms with Crippen LogP contribution in [0.15, 0.2) is 42.7 Å². The molecule has 0 fully saturated rings. The Bertz CT molecular complexity index is 539. The number of aromatic nitrogens is 1. The van der Waals surface area contributed by atoms with Crippen molar-refractivity contribution in [1.82, 2.24) is 4.98 Å². The number of benzene rings is 1. The highest BCUT2D eigenvalue weighted by atomic mass is 16.5. The van der Waals surface area contributed by atoms with Gasteiger partial charge in [-0.25, -0.2) is 0 Å². The Hall–Kier alpha value is -1.87. The summed E-state index contributed by atoms with van der Waals surface area (Å²) in [6.45, 7) is 0.772. The lowest BCUT2D eigenvalue weighted by molar-refractivity contribution is 0.351. The van der Waals surface area contributed by atoms with Crippen molar-refractivity contribution in [2.24, 2.45) is 5.73 Å². The molecule has 3 rings (SSSR count). The van der Waals surface area contributed by atoms with Crippen molar-refractivity contribution < 1.29 is 4.74 Å². The summed E-state index contributed by atoms with van der Waals surface area (Å²) in [7, 11) is 0. The lowest BCUT2D eigenvalue weighted by Gasteiger charge is -2.15. The summed E-state index contributed by atoms with van der Waals surface area (Å²) in [6, 6.07) is 10.2. The van der Waals surface area contributed by atoms with Crippen LogP contribution in [0.2, 0.25) is 0 Å². The molecule has 92 valence electrons. The molecule has 0 radical (unpaired) electrons. The van der Waals surface area contributed by atoms with Gasteiger partial charge in [0.25, 0.3) is 0 Å². The Labute approximate surface area is 107 Å². The Morgan fingerprint density at radius 3 is 2.89 bits per heavy atom. The van der Waals surface area contributed by atoms with E-state index in [2.05, 4.69) is 23.2 Å². The van der Waals surface area contributed by atoms with Crippen LogP contribution in [0.3, 0.4) is 0 Å². The fourth-order valence-corrected chi connectivity index (χ4v) is 2.42. The average Bonchev–Trinajstić information content (AvgIpc) is 2.87. The normalized spacial score (nSPS) is 14.9. The van der Waals surface area contributed by atoms with Crippen molar-refractivity contribution in [3.63, 3.8) is 0 Å². The topological polar surface area (TPSA) is 48.1 Å². The summed E-state index contributed by atoms with van der Waals surface area (Å²) >= 11 is 0. The van der Waals surface area contributed by atoms with Crippen molar-refractivity contribution in [2.75, 3.05) is 6.61 Å². The van der Waals surface area contributed by atoms with Gasteiger partial charge < -0.3 is 10.5 Å². The molecule has 1 aliphatic heterocycles. The summed E-state index contributed by atoms with van der Waals surface area (Å²) in [5.74, 6) is 0.999. The molecule has 0 bridgehead atoms. The molecular weight excluding hydrogens is 224 g/mol. The van der Waals surface area contributed by atoms with E-state index in [1.165, 1.54) is 11.1 Å². The largest absolute Gasteiger partial charge is 0.493 e. The van der Waals surface area contributed by atoms with E-state index in [9.17, 15) is 0 Å². The fraction of sp³-hybridized carbons (Fsp3) is 0.267. The molecule has 1 unspecified atom stereocenters. The second-order valence-corrected chi connectivity index (χ2v) is 4.60. The molecule has 2 heterocycles. The maximum atomic E-state index is 6.30. The van der Waals surface area contributed by atoms with Crippen LogP contribution in [-0.4, -0.2) is 11.6 Å². The third-order valence-corrected chi connectivity index (χ3v) is 3.35. The van der Waals surface area contributed by atoms with E-state index in [1.54, 1.807) is 12.4 Å². The first-order valence-corrected chi connectivity index (χ1v) is 6.23. The van der Waals surface area contributed by atoms with Gasteiger partial charge in [0.2, 0.25) is 0 Å². The van der Waals surface area contributed by atoms with E-state index in [4.69, 9.17) is 10.5 Å². The zero-order valence-electron chi connectivity index (χ0n) is 10.2. The smallest absolute Gasteiger partial charge is 0.127 e. The average molecular weight is 240 g/mol. The lowest BCUT2D eigenvalue weighted by atomic mass is 9.97. The number of hydrogen-bond donors (Lipinski definition) is 1. The molecular formula is C15H16N2O. The highest BCUT2D eigenvalue weighted by molar-refractivity contribution is 5.45. The van der Waals surface area contributed by atoms with Gasteiger partial charge in [0, 0.05) is 30.4 Å². The van der Waals surface area contributed by atoms with Crippen LogP contribution in [0.4, 0.5) is 0 Å². The third kappa shape index (κ3) is 2.09. The highest BCUT2D eigenvalue weighted by Gasteiger charge is 2.19. The van der Waals surface area contributed by atoms with Crippen LogP contribution < -0.4 is 10.5 Å². The summed E-state index contributed by atoms with van der Waals surface area (Å²) in [5.41, 5.74) is 9.89. The van der Waals surface area contributed by atoms with E-state index < -0.39 is 0 Å². The maximum absolute atomic E-state index is 6.30. The monoisotopic (exact) mass is 240 g/mol. The maximum Gasteiger partial charge on any atom is 0.127 e. The zero-order valence-corrected chi connectivity index (χ0v) is 10.2. The molecule has 0 amide bonds. The van der Waals surface area contributed by atoms with Crippen molar-refractivity contribution in [2.45, 2.75) is 18.9 Å². The number of nitrogens with zero attached hydrogens (tertiary/aromatic N) is 1. The summed E-state index contributed by atoms with van der Waals surface area (Å²) in [6.07, 6.45) is 5.40. The molecule has 18 heavy (non-hydrogen) atoms. The Morgan fingerprint density at radius 1 is 1.22 bits per heavy atom. The number of hydrogen-bond acceptors (Lipinski definition) is 3. The Kier molecular flexibility index (Phi) is 2.99. The van der Waals surface area contributed by atoms with E-state index in [1.807, 2.05) is 12.1 Å². The number of fused-ring (bicyclic) bond motifs is 1. The van der Waals surface area contributed by atoms with E-state index in [0.29, 0.717) is 0 Å². The van der Waals surface area contributed by atoms with Gasteiger partial charge in [0.1, 0.15) is 5.75 Å². The van der Waals surface area contributed by atoms with E-state index >= 15 is 0 Å². The molecule has 1 aliphatic rings. The number of pyridine rings is 1. The van der Waals surface area contributed by atoms with Crippen molar-refractivity contribution in [3.8, 4) is 5.75 Å². The SMILES string of the molecule is NC(Cc1ccncc1)c1cccc2c1OCC2. The quantitative estimate of drug-likeness (QED) is 0.895. The minimum absolute atomic E-state index is 0.0274. The van der Waals surface area contributed by atoms with Crippen LogP contribution in [0.5, 0.6) is 5.75 Å². The predicted molar refractivity (Wildman–Crippen MR) is 70.5 cm³/mol. The molecule has 1 aromatic heterocycles. The van der Waals surface area contributed by atoms with Gasteiger partial charge in [0.15, 0.2) is 0 Å². The molecule has 1 aromatic carbocycles. The first-order chi connectivity index (χ1) is 8.84. The van der Waals surface area contributed by atoms with Gasteiger partial charge >= 0.3 is 0 Å². The fourth-order valence-electron chi connectivity index (χ4n) is 2.42. The molecule has 2 aromatic rings. The first kappa shape index (κ1) is 11.2. The molecule has 3 heteroatoms. The molecule has 0 spiro atoms. The summed E-state index contributed by atoms with van der Waals surface area (Å²) in [5, 5.41) is 0. The van der Waals surface area contributed by atoms with E-state index in [-0.39, 0.29) is 6.04 Å². The molecule has 2 N–H and O–H groups in total. The molecule has 1 atom stereocenters. The van der Waals surface area contributed by atoms with Gasteiger partial charge in [-0.15, -0.1) is 0 Å². The van der Waals surface area contributed by atoms with Gasteiger partial charge in [-0.1, -0.05) is 18.2 Å². The van der Waals surface area contributed by atoms with Crippen molar-refractivity contribution in [3.05, 3.63) is 59.4 Å².